The number of nitrogen functional groups attached to an aromatic ring is 1. The summed E-state index contributed by atoms with van der Waals surface area (Å²) in [6.45, 7) is 0. The topological polar surface area (TPSA) is 126 Å². The van der Waals surface area contributed by atoms with E-state index >= 15 is 0 Å². The molecule has 0 saturated carbocycles. The van der Waals surface area contributed by atoms with Gasteiger partial charge in [-0.05, 0) is 42.5 Å². The van der Waals surface area contributed by atoms with Gasteiger partial charge in [-0.3, -0.25) is 0 Å². The number of halogens is 4. The highest BCUT2D eigenvalue weighted by Gasteiger charge is 2.38. The second-order valence-electron chi connectivity index (χ2n) is 6.21. The van der Waals surface area contributed by atoms with Gasteiger partial charge >= 0.3 is 12.1 Å². The second-order valence-corrected chi connectivity index (χ2v) is 6.21. The molecule has 0 bridgehead atoms. The van der Waals surface area contributed by atoms with Gasteiger partial charge in [0.15, 0.2) is 0 Å². The average Bonchev–Trinajstić information content (AvgIpc) is 3.19. The first-order chi connectivity index (χ1) is 15.1. The lowest BCUT2D eigenvalue weighted by Gasteiger charge is -2.09. The summed E-state index contributed by atoms with van der Waals surface area (Å²) in [5, 5.41) is 11.0. The maximum atomic E-state index is 13.8. The van der Waals surface area contributed by atoms with E-state index in [1.807, 2.05) is 30.5 Å². The number of benzene rings is 2. The van der Waals surface area contributed by atoms with Crippen LogP contribution in [0.15, 0.2) is 60.9 Å². The molecule has 4 aromatic rings. The van der Waals surface area contributed by atoms with Crippen LogP contribution in [-0.2, 0) is 4.79 Å². The summed E-state index contributed by atoms with van der Waals surface area (Å²) in [5.41, 5.74) is 7.34. The third-order valence-corrected chi connectivity index (χ3v) is 3.86. The molecule has 0 spiro atoms. The van der Waals surface area contributed by atoms with Crippen LogP contribution in [0.3, 0.4) is 0 Å². The Kier molecular flexibility index (Phi) is 6.42. The summed E-state index contributed by atoms with van der Waals surface area (Å²) < 4.78 is 51.3. The van der Waals surface area contributed by atoms with Gasteiger partial charge in [0.25, 0.3) is 0 Å². The molecule has 0 aliphatic carbocycles. The second kappa shape index (κ2) is 9.20. The highest BCUT2D eigenvalue weighted by molar-refractivity contribution is 5.80. The molecule has 5 N–H and O–H groups in total. The highest BCUT2D eigenvalue weighted by Crippen LogP contribution is 2.26. The number of hydrogen-bond donors (Lipinski definition) is 4. The maximum absolute atomic E-state index is 13.8. The van der Waals surface area contributed by atoms with Gasteiger partial charge in [-0.15, -0.1) is 0 Å². The third kappa shape index (κ3) is 5.84. The summed E-state index contributed by atoms with van der Waals surface area (Å²) in [4.78, 5) is 20.3. The lowest BCUT2D eigenvalue weighted by atomic mass is 10.2. The number of nitrogens with two attached hydrogens (primary N) is 1. The molecular formula is C20H15F4N5O3. The van der Waals surface area contributed by atoms with Crippen molar-refractivity contribution in [1.82, 2.24) is 15.0 Å². The van der Waals surface area contributed by atoms with Crippen LogP contribution in [-0.4, -0.2) is 32.2 Å². The van der Waals surface area contributed by atoms with Crippen LogP contribution in [0.2, 0.25) is 0 Å². The molecule has 32 heavy (non-hydrogen) atoms. The number of hydrogen-bond acceptors (Lipinski definition) is 6. The zero-order valence-corrected chi connectivity index (χ0v) is 16.0. The minimum Gasteiger partial charge on any atom is -0.475 e. The van der Waals surface area contributed by atoms with E-state index in [0.717, 1.165) is 10.9 Å². The number of H-pyrrole nitrogens is 1. The molecule has 0 fully saturated rings. The predicted molar refractivity (Wildman–Crippen MR) is 108 cm³/mol. The molecule has 12 heteroatoms. The van der Waals surface area contributed by atoms with Gasteiger partial charge < -0.3 is 25.9 Å². The first-order valence-corrected chi connectivity index (χ1v) is 8.82. The first-order valence-electron chi connectivity index (χ1n) is 8.82. The Balaban J connectivity index is 0.000000360. The fourth-order valence-electron chi connectivity index (χ4n) is 2.43. The van der Waals surface area contributed by atoms with E-state index in [0.29, 0.717) is 17.3 Å². The number of aromatic amines is 1. The number of rotatable bonds is 4. The highest BCUT2D eigenvalue weighted by atomic mass is 19.4. The Hall–Kier alpha value is -4.35. The zero-order chi connectivity index (χ0) is 23.3. The third-order valence-electron chi connectivity index (χ3n) is 3.86. The number of alkyl halides is 3. The lowest BCUT2D eigenvalue weighted by molar-refractivity contribution is -0.192. The molecule has 2 aromatic carbocycles. The molecule has 166 valence electrons. The zero-order valence-electron chi connectivity index (χ0n) is 16.0. The monoisotopic (exact) mass is 449 g/mol. The molecular weight excluding hydrogens is 434 g/mol. The number of aromatic nitrogens is 3. The van der Waals surface area contributed by atoms with Crippen LogP contribution in [0.5, 0.6) is 11.6 Å². The van der Waals surface area contributed by atoms with E-state index in [9.17, 15) is 17.6 Å². The largest absolute Gasteiger partial charge is 0.490 e. The molecule has 0 atom stereocenters. The van der Waals surface area contributed by atoms with Gasteiger partial charge in [0, 0.05) is 35.1 Å². The predicted octanol–water partition coefficient (Wildman–Crippen LogP) is 4.85. The van der Waals surface area contributed by atoms with Crippen molar-refractivity contribution in [2.24, 2.45) is 0 Å². The van der Waals surface area contributed by atoms with Crippen molar-refractivity contribution >= 4 is 34.2 Å². The SMILES string of the molecule is Nc1ccc(F)c(Nc2nccc(Oc3ccc4[nH]ccc4c3)n2)c1.O=C(O)C(F)(F)F. The van der Waals surface area contributed by atoms with E-state index in [1.165, 1.54) is 24.4 Å². The number of fused-ring (bicyclic) bond motifs is 1. The van der Waals surface area contributed by atoms with Crippen molar-refractivity contribution in [3.63, 3.8) is 0 Å². The van der Waals surface area contributed by atoms with Crippen LogP contribution in [0.25, 0.3) is 10.9 Å². The molecule has 0 saturated heterocycles. The number of nitrogens with zero attached hydrogens (tertiary/aromatic N) is 2. The van der Waals surface area contributed by atoms with Crippen molar-refractivity contribution < 1.29 is 32.2 Å². The molecule has 0 unspecified atom stereocenters. The van der Waals surface area contributed by atoms with Crippen LogP contribution in [0.4, 0.5) is 34.9 Å². The van der Waals surface area contributed by atoms with E-state index < -0.39 is 18.0 Å². The number of carboxylic acids is 1. The molecule has 0 amide bonds. The molecule has 8 nitrogen and oxygen atoms in total. The summed E-state index contributed by atoms with van der Waals surface area (Å²) in [7, 11) is 0. The van der Waals surface area contributed by atoms with Crippen molar-refractivity contribution in [2.45, 2.75) is 6.18 Å². The standard InChI is InChI=1S/C18H14FN5O.C2HF3O2/c19-14-3-1-12(20)10-16(14)23-18-22-8-6-17(24-18)25-13-2-4-15-11(9-13)5-7-21-15;3-2(4,5)1(6)7/h1-10,21H,20H2,(H,22,23,24);(H,6,7). The smallest absolute Gasteiger partial charge is 0.475 e. The van der Waals surface area contributed by atoms with E-state index in [-0.39, 0.29) is 11.6 Å². The number of ether oxygens (including phenoxy) is 1. The summed E-state index contributed by atoms with van der Waals surface area (Å²) >= 11 is 0. The van der Waals surface area contributed by atoms with Gasteiger partial charge in [-0.1, -0.05) is 0 Å². The van der Waals surface area contributed by atoms with E-state index in [2.05, 4.69) is 20.3 Å². The van der Waals surface area contributed by atoms with Gasteiger partial charge in [0.2, 0.25) is 11.8 Å². The lowest BCUT2D eigenvalue weighted by Crippen LogP contribution is -2.21. The number of carboxylic acid groups (broad SMARTS) is 1. The minimum atomic E-state index is -5.08. The molecule has 2 heterocycles. The van der Waals surface area contributed by atoms with Gasteiger partial charge in [0.05, 0.1) is 5.69 Å². The van der Waals surface area contributed by atoms with Gasteiger partial charge in [-0.2, -0.15) is 18.2 Å². The van der Waals surface area contributed by atoms with Crippen molar-refractivity contribution in [3.8, 4) is 11.6 Å². The molecule has 0 radical (unpaired) electrons. The Bertz CT molecular complexity index is 1240. The summed E-state index contributed by atoms with van der Waals surface area (Å²) in [6, 6.07) is 13.5. The quantitative estimate of drug-likeness (QED) is 0.259. The molecule has 0 aliphatic rings. The first kappa shape index (κ1) is 22.3. The van der Waals surface area contributed by atoms with Crippen molar-refractivity contribution in [2.75, 3.05) is 11.1 Å². The Morgan fingerprint density at radius 1 is 1.12 bits per heavy atom. The average molecular weight is 449 g/mol. The van der Waals surface area contributed by atoms with Crippen LogP contribution >= 0.6 is 0 Å². The van der Waals surface area contributed by atoms with E-state index in [1.54, 1.807) is 6.07 Å². The Labute approximate surface area is 177 Å². The number of aliphatic carboxylic acids is 1. The minimum absolute atomic E-state index is 0.200. The molecule has 2 aromatic heterocycles. The molecule has 4 rings (SSSR count). The fraction of sp³-hybridized carbons (Fsp3) is 0.0500. The van der Waals surface area contributed by atoms with Crippen molar-refractivity contribution in [1.29, 1.82) is 0 Å². The maximum Gasteiger partial charge on any atom is 0.490 e. The fourth-order valence-corrected chi connectivity index (χ4v) is 2.43. The normalized spacial score (nSPS) is 10.9. The number of anilines is 3. The van der Waals surface area contributed by atoms with E-state index in [4.69, 9.17) is 20.4 Å². The Morgan fingerprint density at radius 2 is 1.88 bits per heavy atom. The van der Waals surface area contributed by atoms with Crippen molar-refractivity contribution in [3.05, 3.63) is 66.7 Å². The van der Waals surface area contributed by atoms with Crippen LogP contribution < -0.4 is 15.8 Å². The summed E-state index contributed by atoms with van der Waals surface area (Å²) in [5.74, 6) is -2.00. The van der Waals surface area contributed by atoms with Crippen LogP contribution in [0, 0.1) is 5.82 Å². The van der Waals surface area contributed by atoms with Gasteiger partial charge in [0.1, 0.15) is 11.6 Å². The Morgan fingerprint density at radius 3 is 2.59 bits per heavy atom. The summed E-state index contributed by atoms with van der Waals surface area (Å²) in [6.07, 6.45) is -1.69. The van der Waals surface area contributed by atoms with Crippen LogP contribution in [0.1, 0.15) is 0 Å². The molecule has 0 aliphatic heterocycles. The number of carbonyl (C=O) groups is 1. The number of nitrogens with one attached hydrogen (secondary N) is 2. The van der Waals surface area contributed by atoms with Gasteiger partial charge in [-0.25, -0.2) is 14.2 Å².